The molecule has 2 aliphatic rings. The first-order valence-corrected chi connectivity index (χ1v) is 11.0. The van der Waals surface area contributed by atoms with Gasteiger partial charge in [-0.1, -0.05) is 30.3 Å². The highest BCUT2D eigenvalue weighted by atomic mass is 32.2. The maximum atomic E-state index is 13.3. The van der Waals surface area contributed by atoms with Crippen molar-refractivity contribution in [2.24, 2.45) is 10.7 Å². The summed E-state index contributed by atoms with van der Waals surface area (Å²) in [4.78, 5) is 11.2. The number of benzene rings is 1. The molecule has 2 unspecified atom stereocenters. The van der Waals surface area contributed by atoms with Gasteiger partial charge in [0.1, 0.15) is 16.6 Å². The Kier molecular flexibility index (Phi) is 5.07. The summed E-state index contributed by atoms with van der Waals surface area (Å²) in [6.45, 7) is 0.937. The number of hydrogen-bond acceptors (Lipinski definition) is 8. The SMILES string of the molecule is COCc1cc(OC)nc(N2CC3C(c4ccccc4)(C2)N=C(N)N(C)S3(=O)=O)c1. The van der Waals surface area contributed by atoms with E-state index in [0.717, 1.165) is 15.4 Å². The second-order valence-electron chi connectivity index (χ2n) is 7.45. The fourth-order valence-electron chi connectivity index (χ4n) is 4.16. The third-order valence-corrected chi connectivity index (χ3v) is 7.90. The Bertz CT molecular complexity index is 1080. The zero-order valence-electron chi connectivity index (χ0n) is 17.1. The van der Waals surface area contributed by atoms with Gasteiger partial charge in [-0.15, -0.1) is 0 Å². The molecule has 1 aromatic carbocycles. The van der Waals surface area contributed by atoms with Gasteiger partial charge < -0.3 is 20.1 Å². The van der Waals surface area contributed by atoms with Gasteiger partial charge in [-0.25, -0.2) is 17.7 Å². The number of hydrogen-bond donors (Lipinski definition) is 1. The van der Waals surface area contributed by atoms with Crippen LogP contribution >= 0.6 is 0 Å². The molecule has 2 aliphatic heterocycles. The largest absolute Gasteiger partial charge is 0.481 e. The van der Waals surface area contributed by atoms with Crippen molar-refractivity contribution < 1.29 is 17.9 Å². The lowest BCUT2D eigenvalue weighted by Crippen LogP contribution is -2.56. The number of aromatic nitrogens is 1. The zero-order chi connectivity index (χ0) is 21.5. The van der Waals surface area contributed by atoms with Crippen LogP contribution in [0.15, 0.2) is 47.5 Å². The number of sulfonamides is 1. The second kappa shape index (κ2) is 7.44. The Balaban J connectivity index is 1.85. The van der Waals surface area contributed by atoms with E-state index in [2.05, 4.69) is 4.98 Å². The summed E-state index contributed by atoms with van der Waals surface area (Å²) in [6, 6.07) is 13.1. The standard InChI is InChI=1S/C20H25N5O4S/c1-24-19(21)23-20(15-7-5-4-6-8-15)13-25(11-16(20)30(24,26)27)17-9-14(12-28-2)10-18(22-17)29-3/h4-10,16H,11-13H2,1-3H3,(H2,21,23). The molecule has 10 heteroatoms. The molecule has 0 bridgehead atoms. The van der Waals surface area contributed by atoms with E-state index in [1.807, 2.05) is 41.3 Å². The van der Waals surface area contributed by atoms with Crippen molar-refractivity contribution in [3.8, 4) is 5.88 Å². The van der Waals surface area contributed by atoms with Crippen LogP contribution in [0.5, 0.6) is 5.88 Å². The molecule has 1 fully saturated rings. The number of ether oxygens (including phenoxy) is 2. The van der Waals surface area contributed by atoms with Gasteiger partial charge in [-0.2, -0.15) is 4.98 Å². The second-order valence-corrected chi connectivity index (χ2v) is 9.60. The Labute approximate surface area is 176 Å². The third kappa shape index (κ3) is 3.16. The Morgan fingerprint density at radius 1 is 1.23 bits per heavy atom. The van der Waals surface area contributed by atoms with Gasteiger partial charge in [-0.05, 0) is 17.2 Å². The molecule has 0 radical (unpaired) electrons. The maximum absolute atomic E-state index is 13.3. The van der Waals surface area contributed by atoms with Crippen molar-refractivity contribution in [1.29, 1.82) is 0 Å². The smallest absolute Gasteiger partial charge is 0.244 e. The first-order chi connectivity index (χ1) is 14.3. The highest BCUT2D eigenvalue weighted by Gasteiger charge is 2.58. The highest BCUT2D eigenvalue weighted by Crippen LogP contribution is 2.44. The van der Waals surface area contributed by atoms with E-state index in [-0.39, 0.29) is 12.5 Å². The molecule has 160 valence electrons. The monoisotopic (exact) mass is 431 g/mol. The molecule has 9 nitrogen and oxygen atoms in total. The van der Waals surface area contributed by atoms with Gasteiger partial charge in [0.25, 0.3) is 0 Å². The van der Waals surface area contributed by atoms with Crippen LogP contribution in [0.3, 0.4) is 0 Å². The van der Waals surface area contributed by atoms with Crippen LogP contribution in [0.2, 0.25) is 0 Å². The van der Waals surface area contributed by atoms with Crippen LogP contribution in [0.4, 0.5) is 5.82 Å². The molecule has 0 saturated carbocycles. The topological polar surface area (TPSA) is 110 Å². The minimum atomic E-state index is -3.72. The number of nitrogens with two attached hydrogens (primary N) is 1. The van der Waals surface area contributed by atoms with Gasteiger partial charge in [-0.3, -0.25) is 0 Å². The number of pyridine rings is 1. The fourth-order valence-corrected chi connectivity index (χ4v) is 5.96. The molecular weight excluding hydrogens is 406 g/mol. The summed E-state index contributed by atoms with van der Waals surface area (Å²) in [5.41, 5.74) is 6.71. The minimum absolute atomic E-state index is 0.0179. The molecule has 3 heterocycles. The maximum Gasteiger partial charge on any atom is 0.244 e. The van der Waals surface area contributed by atoms with Gasteiger partial charge in [0.15, 0.2) is 0 Å². The van der Waals surface area contributed by atoms with Crippen LogP contribution in [-0.4, -0.2) is 63.3 Å². The summed E-state index contributed by atoms with van der Waals surface area (Å²) in [7, 11) is 0.874. The summed E-state index contributed by atoms with van der Waals surface area (Å²) in [5, 5.41) is -0.802. The fraction of sp³-hybridized carbons (Fsp3) is 0.400. The number of aliphatic imine (C=N–C) groups is 1. The minimum Gasteiger partial charge on any atom is -0.481 e. The van der Waals surface area contributed by atoms with Crippen molar-refractivity contribution >= 4 is 21.8 Å². The molecule has 1 aromatic heterocycles. The van der Waals surface area contributed by atoms with E-state index in [1.54, 1.807) is 20.3 Å². The molecule has 0 amide bonds. The predicted octanol–water partition coefficient (Wildman–Crippen LogP) is 0.911. The summed E-state index contributed by atoms with van der Waals surface area (Å²) < 4.78 is 38.3. The molecule has 2 aromatic rings. The van der Waals surface area contributed by atoms with Crippen LogP contribution in [0.25, 0.3) is 0 Å². The lowest BCUT2D eigenvalue weighted by molar-refractivity contribution is 0.184. The molecule has 0 aliphatic carbocycles. The van der Waals surface area contributed by atoms with Gasteiger partial charge >= 0.3 is 0 Å². The molecule has 4 rings (SSSR count). The number of nitrogens with zero attached hydrogens (tertiary/aromatic N) is 4. The van der Waals surface area contributed by atoms with Crippen LogP contribution in [0.1, 0.15) is 11.1 Å². The van der Waals surface area contributed by atoms with Crippen molar-refractivity contribution in [2.45, 2.75) is 17.4 Å². The van der Waals surface area contributed by atoms with E-state index in [0.29, 0.717) is 24.8 Å². The van der Waals surface area contributed by atoms with E-state index < -0.39 is 20.8 Å². The Morgan fingerprint density at radius 3 is 2.63 bits per heavy atom. The number of rotatable bonds is 5. The molecular formula is C20H25N5O4S. The average molecular weight is 432 g/mol. The molecule has 2 N–H and O–H groups in total. The predicted molar refractivity (Wildman–Crippen MR) is 114 cm³/mol. The third-order valence-electron chi connectivity index (χ3n) is 5.69. The van der Waals surface area contributed by atoms with E-state index in [1.165, 1.54) is 7.05 Å². The average Bonchev–Trinajstić information content (AvgIpc) is 3.15. The molecule has 2 atom stereocenters. The van der Waals surface area contributed by atoms with Crippen LogP contribution in [-0.2, 0) is 26.9 Å². The molecule has 0 spiro atoms. The lowest BCUT2D eigenvalue weighted by Gasteiger charge is -2.38. The van der Waals surface area contributed by atoms with Crippen LogP contribution in [0, 0.1) is 0 Å². The zero-order valence-corrected chi connectivity index (χ0v) is 18.0. The summed E-state index contributed by atoms with van der Waals surface area (Å²) >= 11 is 0. The Hall–Kier alpha value is -2.85. The van der Waals surface area contributed by atoms with Gasteiger partial charge in [0, 0.05) is 26.8 Å². The van der Waals surface area contributed by atoms with Gasteiger partial charge in [0.2, 0.25) is 21.9 Å². The quantitative estimate of drug-likeness (QED) is 0.749. The van der Waals surface area contributed by atoms with Crippen molar-refractivity contribution in [3.05, 3.63) is 53.6 Å². The number of anilines is 1. The van der Waals surface area contributed by atoms with E-state index in [9.17, 15) is 8.42 Å². The van der Waals surface area contributed by atoms with E-state index in [4.69, 9.17) is 20.2 Å². The van der Waals surface area contributed by atoms with Crippen molar-refractivity contribution in [2.75, 3.05) is 39.3 Å². The molecule has 1 saturated heterocycles. The normalized spacial score (nSPS) is 25.0. The first kappa shape index (κ1) is 20.4. The number of guanidine groups is 1. The summed E-state index contributed by atoms with van der Waals surface area (Å²) in [6.07, 6.45) is 0. The number of fused-ring (bicyclic) bond motifs is 1. The molecule has 30 heavy (non-hydrogen) atoms. The van der Waals surface area contributed by atoms with Crippen LogP contribution < -0.4 is 15.4 Å². The van der Waals surface area contributed by atoms with Crippen molar-refractivity contribution in [1.82, 2.24) is 9.29 Å². The van der Waals surface area contributed by atoms with E-state index >= 15 is 0 Å². The summed E-state index contributed by atoms with van der Waals surface area (Å²) in [5.74, 6) is 1.03. The van der Waals surface area contributed by atoms with Crippen molar-refractivity contribution in [3.63, 3.8) is 0 Å². The Morgan fingerprint density at radius 2 is 1.97 bits per heavy atom. The lowest BCUT2D eigenvalue weighted by atomic mass is 9.89. The van der Waals surface area contributed by atoms with Gasteiger partial charge in [0.05, 0.1) is 20.3 Å². The first-order valence-electron chi connectivity index (χ1n) is 9.49. The number of methoxy groups -OCH3 is 2. The highest BCUT2D eigenvalue weighted by molar-refractivity contribution is 7.90.